The number of hydrogen-bond acceptors (Lipinski definition) is 2. The first-order valence-corrected chi connectivity index (χ1v) is 19.6. The van der Waals surface area contributed by atoms with Gasteiger partial charge < -0.3 is 9.47 Å². The first-order valence-electron chi connectivity index (χ1n) is 18.8. The Labute approximate surface area is 323 Å². The molecule has 0 fully saturated rings. The number of para-hydroxylation sites is 1. The van der Waals surface area contributed by atoms with Crippen LogP contribution in [0.15, 0.2) is 206 Å². The van der Waals surface area contributed by atoms with Gasteiger partial charge in [0.2, 0.25) is 0 Å². The van der Waals surface area contributed by atoms with Crippen LogP contribution in [0.1, 0.15) is 0 Å². The Hall–Kier alpha value is -6.94. The SMILES string of the molecule is c1ccc(-c2ccc(N(c3ccc(-c4ccc5c(c4)c4ccccc4n5-c4ccc5ccccc5c4)cc3)c3cccc4sc5ccccc5c34)cc2)cc1. The lowest BCUT2D eigenvalue weighted by molar-refractivity contribution is 1.19. The minimum absolute atomic E-state index is 1.12. The van der Waals surface area contributed by atoms with E-state index in [1.54, 1.807) is 0 Å². The molecule has 2 nitrogen and oxygen atoms in total. The molecule has 0 atom stereocenters. The van der Waals surface area contributed by atoms with Gasteiger partial charge >= 0.3 is 0 Å². The zero-order chi connectivity index (χ0) is 36.3. The largest absolute Gasteiger partial charge is 0.310 e. The zero-order valence-corrected chi connectivity index (χ0v) is 30.7. The van der Waals surface area contributed by atoms with E-state index in [2.05, 4.69) is 216 Å². The van der Waals surface area contributed by atoms with Crippen molar-refractivity contribution >= 4 is 81.1 Å². The number of rotatable bonds is 6. The molecule has 258 valence electrons. The summed E-state index contributed by atoms with van der Waals surface area (Å²) >= 11 is 1.86. The van der Waals surface area contributed by atoms with Gasteiger partial charge in [-0.15, -0.1) is 11.3 Å². The Balaban J connectivity index is 1.03. The molecule has 0 aliphatic heterocycles. The second kappa shape index (κ2) is 12.9. The van der Waals surface area contributed by atoms with Crippen molar-refractivity contribution < 1.29 is 0 Å². The van der Waals surface area contributed by atoms with Crippen molar-refractivity contribution in [3.8, 4) is 27.9 Å². The van der Waals surface area contributed by atoms with Gasteiger partial charge in [-0.25, -0.2) is 0 Å². The van der Waals surface area contributed by atoms with Gasteiger partial charge in [-0.2, -0.15) is 0 Å². The molecule has 0 N–H and O–H groups in total. The second-order valence-electron chi connectivity index (χ2n) is 14.2. The highest BCUT2D eigenvalue weighted by Crippen LogP contribution is 2.45. The fourth-order valence-electron chi connectivity index (χ4n) is 8.35. The van der Waals surface area contributed by atoms with Crippen molar-refractivity contribution in [1.82, 2.24) is 4.57 Å². The Bertz CT molecular complexity index is 3190. The molecular formula is C52H34N2S. The zero-order valence-electron chi connectivity index (χ0n) is 29.9. The summed E-state index contributed by atoms with van der Waals surface area (Å²) in [7, 11) is 0. The second-order valence-corrected chi connectivity index (χ2v) is 15.2. The number of aromatic nitrogens is 1. The summed E-state index contributed by atoms with van der Waals surface area (Å²) in [6.45, 7) is 0. The van der Waals surface area contributed by atoms with Crippen LogP contribution in [0.4, 0.5) is 17.1 Å². The van der Waals surface area contributed by atoms with E-state index >= 15 is 0 Å². The number of thiophene rings is 1. The molecule has 0 bridgehead atoms. The molecule has 0 aliphatic carbocycles. The number of nitrogens with zero attached hydrogens (tertiary/aromatic N) is 2. The lowest BCUT2D eigenvalue weighted by Gasteiger charge is -2.27. The van der Waals surface area contributed by atoms with Crippen LogP contribution >= 0.6 is 11.3 Å². The quantitative estimate of drug-likeness (QED) is 0.166. The third-order valence-corrected chi connectivity index (χ3v) is 12.1. The minimum Gasteiger partial charge on any atom is -0.310 e. The molecule has 0 spiro atoms. The van der Waals surface area contributed by atoms with Crippen LogP contribution in [0.2, 0.25) is 0 Å². The summed E-state index contributed by atoms with van der Waals surface area (Å²) in [6.07, 6.45) is 0. The van der Waals surface area contributed by atoms with Crippen molar-refractivity contribution in [2.45, 2.75) is 0 Å². The fraction of sp³-hybridized carbons (Fsp3) is 0. The summed E-state index contributed by atoms with van der Waals surface area (Å²) in [5.74, 6) is 0. The highest BCUT2D eigenvalue weighted by molar-refractivity contribution is 7.26. The lowest BCUT2D eigenvalue weighted by atomic mass is 10.0. The molecular weight excluding hydrogens is 685 g/mol. The van der Waals surface area contributed by atoms with Crippen LogP contribution in [-0.4, -0.2) is 4.57 Å². The van der Waals surface area contributed by atoms with E-state index in [-0.39, 0.29) is 0 Å². The minimum atomic E-state index is 1.12. The maximum Gasteiger partial charge on any atom is 0.0554 e. The normalized spacial score (nSPS) is 11.6. The number of fused-ring (bicyclic) bond motifs is 7. The van der Waals surface area contributed by atoms with E-state index in [1.807, 2.05) is 11.3 Å². The van der Waals surface area contributed by atoms with Crippen LogP contribution in [0.5, 0.6) is 0 Å². The van der Waals surface area contributed by atoms with Crippen LogP contribution < -0.4 is 4.90 Å². The molecule has 0 amide bonds. The molecule has 9 aromatic carbocycles. The fourth-order valence-corrected chi connectivity index (χ4v) is 9.48. The third-order valence-electron chi connectivity index (χ3n) is 11.0. The molecule has 2 aromatic heterocycles. The Kier molecular flexibility index (Phi) is 7.39. The lowest BCUT2D eigenvalue weighted by Crippen LogP contribution is -2.10. The van der Waals surface area contributed by atoms with E-state index in [9.17, 15) is 0 Å². The summed E-state index contributed by atoms with van der Waals surface area (Å²) in [4.78, 5) is 2.42. The van der Waals surface area contributed by atoms with E-state index in [4.69, 9.17) is 0 Å². The van der Waals surface area contributed by atoms with Crippen LogP contribution in [0.3, 0.4) is 0 Å². The number of benzene rings is 9. The number of hydrogen-bond donors (Lipinski definition) is 0. The predicted octanol–water partition coefficient (Wildman–Crippen LogP) is 15.1. The first-order chi connectivity index (χ1) is 27.3. The average Bonchev–Trinajstić information content (AvgIpc) is 3.80. The molecule has 0 unspecified atom stereocenters. The molecule has 11 aromatic rings. The van der Waals surface area contributed by atoms with Crippen LogP contribution in [-0.2, 0) is 0 Å². The molecule has 2 heterocycles. The van der Waals surface area contributed by atoms with E-state index in [0.29, 0.717) is 0 Å². The molecule has 0 saturated carbocycles. The summed E-state index contributed by atoms with van der Waals surface area (Å²) in [5.41, 5.74) is 11.8. The number of anilines is 3. The summed E-state index contributed by atoms with van der Waals surface area (Å²) < 4.78 is 4.99. The van der Waals surface area contributed by atoms with Crippen LogP contribution in [0.25, 0.3) is 80.7 Å². The van der Waals surface area contributed by atoms with Crippen LogP contribution in [0, 0.1) is 0 Å². The molecule has 55 heavy (non-hydrogen) atoms. The van der Waals surface area contributed by atoms with Gasteiger partial charge in [-0.3, -0.25) is 0 Å². The molecule has 11 rings (SSSR count). The molecule has 3 heteroatoms. The van der Waals surface area contributed by atoms with Crippen molar-refractivity contribution in [3.05, 3.63) is 206 Å². The van der Waals surface area contributed by atoms with E-state index in [1.165, 1.54) is 86.4 Å². The molecule has 0 saturated heterocycles. The van der Waals surface area contributed by atoms with E-state index in [0.717, 1.165) is 11.4 Å². The van der Waals surface area contributed by atoms with Crippen molar-refractivity contribution in [3.63, 3.8) is 0 Å². The standard InChI is InChI=1S/C52H34N2S/c1-2-11-35(12-3-1)37-21-27-41(28-22-37)53(49-18-10-20-51-52(49)45-16-7-9-19-50(45)55-51)42-29-23-38(24-30-42)40-26-32-48-46(34-40)44-15-6-8-17-47(44)54(48)43-31-25-36-13-4-5-14-39(36)33-43/h1-34H. The van der Waals surface area contributed by atoms with Gasteiger partial charge in [0.1, 0.15) is 0 Å². The van der Waals surface area contributed by atoms with E-state index < -0.39 is 0 Å². The highest BCUT2D eigenvalue weighted by atomic mass is 32.1. The molecule has 0 radical (unpaired) electrons. The maximum atomic E-state index is 2.42. The maximum absolute atomic E-state index is 2.42. The van der Waals surface area contributed by atoms with Gasteiger partial charge in [0.05, 0.1) is 16.7 Å². The van der Waals surface area contributed by atoms with Gasteiger partial charge in [0.15, 0.2) is 0 Å². The van der Waals surface area contributed by atoms with Gasteiger partial charge in [0, 0.05) is 48.0 Å². The smallest absolute Gasteiger partial charge is 0.0554 e. The predicted molar refractivity (Wildman–Crippen MR) is 237 cm³/mol. The average molecular weight is 719 g/mol. The monoisotopic (exact) mass is 718 g/mol. The van der Waals surface area contributed by atoms with Crippen molar-refractivity contribution in [2.24, 2.45) is 0 Å². The van der Waals surface area contributed by atoms with Crippen molar-refractivity contribution in [1.29, 1.82) is 0 Å². The van der Waals surface area contributed by atoms with Gasteiger partial charge in [-0.1, -0.05) is 133 Å². The van der Waals surface area contributed by atoms with Gasteiger partial charge in [0.25, 0.3) is 0 Å². The van der Waals surface area contributed by atoms with Crippen molar-refractivity contribution in [2.75, 3.05) is 4.90 Å². The Morgan fingerprint density at radius 1 is 0.364 bits per heavy atom. The highest BCUT2D eigenvalue weighted by Gasteiger charge is 2.19. The first kappa shape index (κ1) is 31.6. The summed E-state index contributed by atoms with van der Waals surface area (Å²) in [6, 6.07) is 75.2. The topological polar surface area (TPSA) is 8.17 Å². The third kappa shape index (κ3) is 5.32. The summed E-state index contributed by atoms with van der Waals surface area (Å²) in [5, 5.41) is 7.57. The Morgan fingerprint density at radius 3 is 1.76 bits per heavy atom. The molecule has 0 aliphatic rings. The Morgan fingerprint density at radius 2 is 0.964 bits per heavy atom. The van der Waals surface area contributed by atoms with Gasteiger partial charge in [-0.05, 0) is 106 Å².